The molecule has 1 heterocycles. The minimum absolute atomic E-state index is 1.20. The summed E-state index contributed by atoms with van der Waals surface area (Å²) in [6, 6.07) is 4.61. The molecule has 0 atom stereocenters. The van der Waals surface area contributed by atoms with E-state index in [0.717, 1.165) is 0 Å². The Balaban J connectivity index is 1.98. The van der Waals surface area contributed by atoms with Gasteiger partial charge in [0.1, 0.15) is 0 Å². The number of hydrogen-bond donors (Lipinski definition) is 0. The van der Waals surface area contributed by atoms with Crippen molar-refractivity contribution < 1.29 is 0 Å². The molecule has 0 aromatic carbocycles. The Hall–Kier alpha value is -0.300. The Labute approximate surface area is 105 Å². The van der Waals surface area contributed by atoms with Crippen molar-refractivity contribution in [3.63, 3.8) is 0 Å². The average Bonchev–Trinajstić information content (AvgIpc) is 2.76. The lowest BCUT2D eigenvalue weighted by atomic mass is 10.1. The molecule has 0 fully saturated rings. The first-order valence-corrected chi connectivity index (χ1v) is 7.76. The number of unbranched alkanes of at least 4 members (excludes halogenated alkanes) is 6. The van der Waals surface area contributed by atoms with Crippen molar-refractivity contribution in [2.24, 2.45) is 0 Å². The minimum atomic E-state index is 1.20. The van der Waals surface area contributed by atoms with E-state index >= 15 is 0 Å². The third-order valence-electron chi connectivity index (χ3n) is 3.09. The van der Waals surface area contributed by atoms with Crippen LogP contribution in [0.25, 0.3) is 0 Å². The molecule has 1 heteroatoms. The van der Waals surface area contributed by atoms with Crippen LogP contribution in [0.1, 0.15) is 68.5 Å². The molecular weight excluding hydrogens is 212 g/mol. The van der Waals surface area contributed by atoms with Crippen LogP contribution >= 0.6 is 11.3 Å². The van der Waals surface area contributed by atoms with Gasteiger partial charge >= 0.3 is 0 Å². The van der Waals surface area contributed by atoms with Gasteiger partial charge in [0.25, 0.3) is 0 Å². The van der Waals surface area contributed by atoms with Gasteiger partial charge in [0.2, 0.25) is 0 Å². The van der Waals surface area contributed by atoms with Crippen LogP contribution in [0.5, 0.6) is 0 Å². The normalized spacial score (nSPS) is 10.9. The van der Waals surface area contributed by atoms with Gasteiger partial charge in [-0.3, -0.25) is 0 Å². The third kappa shape index (κ3) is 5.69. The molecule has 0 spiro atoms. The maximum Gasteiger partial charge on any atom is 0.00481 e. The van der Waals surface area contributed by atoms with Crippen molar-refractivity contribution in [1.29, 1.82) is 0 Å². The molecule has 0 unspecified atom stereocenters. The Morgan fingerprint density at radius 1 is 0.812 bits per heavy atom. The molecule has 0 saturated carbocycles. The van der Waals surface area contributed by atoms with Gasteiger partial charge in [-0.15, -0.1) is 11.3 Å². The first-order valence-electron chi connectivity index (χ1n) is 6.94. The molecule has 0 nitrogen and oxygen atoms in total. The molecule has 0 bridgehead atoms. The highest BCUT2D eigenvalue weighted by Crippen LogP contribution is 2.19. The lowest BCUT2D eigenvalue weighted by Crippen LogP contribution is -1.83. The zero-order chi connectivity index (χ0) is 11.6. The lowest BCUT2D eigenvalue weighted by Gasteiger charge is -2.00. The van der Waals surface area contributed by atoms with Crippen molar-refractivity contribution in [1.82, 2.24) is 0 Å². The number of hydrogen-bond acceptors (Lipinski definition) is 1. The molecule has 0 aliphatic heterocycles. The van der Waals surface area contributed by atoms with Crippen LogP contribution in [0.15, 0.2) is 12.1 Å². The molecule has 1 aromatic rings. The van der Waals surface area contributed by atoms with Crippen molar-refractivity contribution in [3.8, 4) is 0 Å². The summed E-state index contributed by atoms with van der Waals surface area (Å²) in [5, 5.41) is 0. The Kier molecular flexibility index (Phi) is 7.58. The summed E-state index contributed by atoms with van der Waals surface area (Å²) in [5.41, 5.74) is 0. The fraction of sp³-hybridized carbons (Fsp3) is 0.733. The fourth-order valence-corrected chi connectivity index (χ4v) is 3.00. The number of rotatable bonds is 9. The fourth-order valence-electron chi connectivity index (χ4n) is 2.00. The molecule has 0 amide bonds. The summed E-state index contributed by atoms with van der Waals surface area (Å²) in [5.74, 6) is 0. The van der Waals surface area contributed by atoms with Crippen molar-refractivity contribution in [3.05, 3.63) is 21.9 Å². The molecule has 0 saturated heterocycles. The van der Waals surface area contributed by atoms with E-state index in [4.69, 9.17) is 0 Å². The van der Waals surface area contributed by atoms with Crippen LogP contribution < -0.4 is 0 Å². The Morgan fingerprint density at radius 3 is 2.06 bits per heavy atom. The molecule has 0 aliphatic carbocycles. The topological polar surface area (TPSA) is 0 Å². The Bertz CT molecular complexity index is 262. The maximum atomic E-state index is 2.32. The SMILES string of the molecule is CCCCCCCCCc1ccc(CC)s1. The predicted octanol–water partition coefficient (Wildman–Crippen LogP) is 5.60. The first-order chi connectivity index (χ1) is 7.86. The molecule has 92 valence electrons. The van der Waals surface area contributed by atoms with E-state index in [0.29, 0.717) is 0 Å². The highest BCUT2D eigenvalue weighted by molar-refractivity contribution is 7.11. The molecule has 1 rings (SSSR count). The summed E-state index contributed by atoms with van der Waals surface area (Å²) in [6.45, 7) is 4.52. The second-order valence-electron chi connectivity index (χ2n) is 4.59. The Morgan fingerprint density at radius 2 is 1.44 bits per heavy atom. The van der Waals surface area contributed by atoms with Crippen LogP contribution in [0.4, 0.5) is 0 Å². The van der Waals surface area contributed by atoms with E-state index in [1.165, 1.54) is 62.7 Å². The molecule has 1 aromatic heterocycles. The van der Waals surface area contributed by atoms with Crippen molar-refractivity contribution in [2.45, 2.75) is 71.6 Å². The zero-order valence-corrected chi connectivity index (χ0v) is 11.7. The highest BCUT2D eigenvalue weighted by Gasteiger charge is 1.98. The maximum absolute atomic E-state index is 2.32. The smallest absolute Gasteiger partial charge is 0.00481 e. The third-order valence-corrected chi connectivity index (χ3v) is 4.38. The second-order valence-corrected chi connectivity index (χ2v) is 5.85. The highest BCUT2D eigenvalue weighted by atomic mass is 32.1. The second kappa shape index (κ2) is 8.81. The van der Waals surface area contributed by atoms with Crippen LogP contribution in [0, 0.1) is 0 Å². The van der Waals surface area contributed by atoms with Gasteiger partial charge in [-0.1, -0.05) is 52.4 Å². The van der Waals surface area contributed by atoms with Crippen LogP contribution in [-0.2, 0) is 12.8 Å². The summed E-state index contributed by atoms with van der Waals surface area (Å²) in [7, 11) is 0. The standard InChI is InChI=1S/C15H26S/c1-3-5-6-7-8-9-10-11-15-13-12-14(4-2)16-15/h12-13H,3-11H2,1-2H3. The van der Waals surface area contributed by atoms with E-state index in [9.17, 15) is 0 Å². The van der Waals surface area contributed by atoms with Crippen molar-refractivity contribution in [2.75, 3.05) is 0 Å². The largest absolute Gasteiger partial charge is 0.145 e. The molecular formula is C15H26S. The minimum Gasteiger partial charge on any atom is -0.145 e. The number of aryl methyl sites for hydroxylation is 2. The lowest BCUT2D eigenvalue weighted by molar-refractivity contribution is 0.590. The van der Waals surface area contributed by atoms with Gasteiger partial charge in [0, 0.05) is 9.75 Å². The van der Waals surface area contributed by atoms with Gasteiger partial charge in [-0.25, -0.2) is 0 Å². The summed E-state index contributed by atoms with van der Waals surface area (Å²) >= 11 is 2.00. The van der Waals surface area contributed by atoms with Crippen LogP contribution in [-0.4, -0.2) is 0 Å². The van der Waals surface area contributed by atoms with E-state index in [1.807, 2.05) is 11.3 Å². The van der Waals surface area contributed by atoms with Gasteiger partial charge in [-0.05, 0) is 31.4 Å². The summed E-state index contributed by atoms with van der Waals surface area (Å²) in [4.78, 5) is 3.13. The van der Waals surface area contributed by atoms with Gasteiger partial charge in [0.15, 0.2) is 0 Å². The average molecular weight is 238 g/mol. The van der Waals surface area contributed by atoms with E-state index in [1.54, 1.807) is 4.88 Å². The van der Waals surface area contributed by atoms with E-state index in [-0.39, 0.29) is 0 Å². The molecule has 0 N–H and O–H groups in total. The van der Waals surface area contributed by atoms with Crippen LogP contribution in [0.3, 0.4) is 0 Å². The predicted molar refractivity (Wildman–Crippen MR) is 75.4 cm³/mol. The first kappa shape index (κ1) is 13.8. The van der Waals surface area contributed by atoms with Gasteiger partial charge in [-0.2, -0.15) is 0 Å². The van der Waals surface area contributed by atoms with Crippen molar-refractivity contribution >= 4 is 11.3 Å². The van der Waals surface area contributed by atoms with E-state index in [2.05, 4.69) is 26.0 Å². The van der Waals surface area contributed by atoms with E-state index < -0.39 is 0 Å². The zero-order valence-electron chi connectivity index (χ0n) is 10.9. The van der Waals surface area contributed by atoms with Gasteiger partial charge < -0.3 is 0 Å². The summed E-state index contributed by atoms with van der Waals surface area (Å²) < 4.78 is 0. The quantitative estimate of drug-likeness (QED) is 0.491. The van der Waals surface area contributed by atoms with Gasteiger partial charge in [0.05, 0.1) is 0 Å². The molecule has 0 aliphatic rings. The summed E-state index contributed by atoms with van der Waals surface area (Å²) in [6.07, 6.45) is 12.4. The van der Waals surface area contributed by atoms with Crippen LogP contribution in [0.2, 0.25) is 0 Å². The molecule has 16 heavy (non-hydrogen) atoms. The molecule has 0 radical (unpaired) electrons. The monoisotopic (exact) mass is 238 g/mol. The number of thiophene rings is 1.